The predicted octanol–water partition coefficient (Wildman–Crippen LogP) is 1.67. The first-order valence-electron chi connectivity index (χ1n) is 6.11. The number of ether oxygens (including phenoxy) is 1. The smallest absolute Gasteiger partial charge is 0.324 e. The number of likely N-dealkylation sites (tertiary alicyclic amines) is 1. The molecule has 3 rings (SSSR count). The molecule has 1 spiro atoms. The van der Waals surface area contributed by atoms with Gasteiger partial charge >= 0.3 is 6.03 Å². The van der Waals surface area contributed by atoms with E-state index in [-0.39, 0.29) is 17.5 Å². The van der Waals surface area contributed by atoms with E-state index >= 15 is 0 Å². The average molecular weight is 268 g/mol. The highest BCUT2D eigenvalue weighted by Crippen LogP contribution is 2.37. The molecule has 2 amide bonds. The molecule has 7 heteroatoms. The number of amides is 2. The van der Waals surface area contributed by atoms with Crippen molar-refractivity contribution in [2.75, 3.05) is 25.1 Å². The Morgan fingerprint density at radius 3 is 2.78 bits per heavy atom. The Balaban J connectivity index is 1.63. The largest absolute Gasteiger partial charge is 0.376 e. The maximum Gasteiger partial charge on any atom is 0.324 e. The minimum atomic E-state index is -0.0870. The molecule has 2 aliphatic rings. The fourth-order valence-corrected chi connectivity index (χ4v) is 2.87. The van der Waals surface area contributed by atoms with Crippen LogP contribution < -0.4 is 5.32 Å². The molecule has 2 fully saturated rings. The number of carbonyl (C=O) groups is 1. The second-order valence-electron chi connectivity index (χ2n) is 5.16. The molecule has 1 aromatic heterocycles. The van der Waals surface area contributed by atoms with Gasteiger partial charge in [0.1, 0.15) is 5.82 Å². The van der Waals surface area contributed by atoms with Gasteiger partial charge in [-0.15, -0.1) is 0 Å². The standard InChI is InChI=1S/C11H16N4O2S/c1-7(2)8-12-9(18-14-8)13-10(16)15-4-3-11(15)5-17-6-11/h7H,3-6H2,1-2H3,(H,12,13,14,16). The Bertz CT molecular complexity index is 464. The van der Waals surface area contributed by atoms with Gasteiger partial charge in [-0.25, -0.2) is 9.78 Å². The van der Waals surface area contributed by atoms with Crippen molar-refractivity contribution in [3.63, 3.8) is 0 Å². The molecule has 3 heterocycles. The summed E-state index contributed by atoms with van der Waals surface area (Å²) in [5.41, 5.74) is -0.0321. The Labute approximate surface area is 110 Å². The molecule has 0 bridgehead atoms. The zero-order valence-corrected chi connectivity index (χ0v) is 11.3. The molecule has 98 valence electrons. The molecule has 0 radical (unpaired) electrons. The van der Waals surface area contributed by atoms with Crippen LogP contribution >= 0.6 is 11.5 Å². The summed E-state index contributed by atoms with van der Waals surface area (Å²) in [6, 6.07) is -0.0870. The molecule has 18 heavy (non-hydrogen) atoms. The van der Waals surface area contributed by atoms with E-state index in [1.54, 1.807) is 0 Å². The first-order valence-corrected chi connectivity index (χ1v) is 6.88. The minimum Gasteiger partial charge on any atom is -0.376 e. The molecule has 0 unspecified atom stereocenters. The molecule has 2 aliphatic heterocycles. The summed E-state index contributed by atoms with van der Waals surface area (Å²) >= 11 is 1.23. The van der Waals surface area contributed by atoms with Gasteiger partial charge in [0.15, 0.2) is 0 Å². The van der Waals surface area contributed by atoms with E-state index in [0.29, 0.717) is 18.3 Å². The fourth-order valence-electron chi connectivity index (χ4n) is 2.17. The van der Waals surface area contributed by atoms with Crippen molar-refractivity contribution in [3.8, 4) is 0 Å². The molecule has 1 aromatic rings. The van der Waals surface area contributed by atoms with Crippen LogP contribution in [0, 0.1) is 0 Å². The quantitative estimate of drug-likeness (QED) is 0.886. The summed E-state index contributed by atoms with van der Waals surface area (Å²) in [7, 11) is 0. The Morgan fingerprint density at radius 2 is 2.33 bits per heavy atom. The fraction of sp³-hybridized carbons (Fsp3) is 0.727. The van der Waals surface area contributed by atoms with Gasteiger partial charge in [-0.3, -0.25) is 5.32 Å². The van der Waals surface area contributed by atoms with E-state index in [0.717, 1.165) is 18.8 Å². The van der Waals surface area contributed by atoms with E-state index in [9.17, 15) is 4.79 Å². The Kier molecular flexibility index (Phi) is 2.74. The van der Waals surface area contributed by atoms with Gasteiger partial charge in [-0.2, -0.15) is 4.37 Å². The van der Waals surface area contributed by atoms with E-state index in [1.165, 1.54) is 11.5 Å². The normalized spacial score (nSPS) is 20.7. The maximum atomic E-state index is 12.1. The Morgan fingerprint density at radius 1 is 1.56 bits per heavy atom. The average Bonchev–Trinajstić information content (AvgIpc) is 2.61. The van der Waals surface area contributed by atoms with Gasteiger partial charge in [0.2, 0.25) is 5.13 Å². The van der Waals surface area contributed by atoms with Crippen molar-refractivity contribution in [2.45, 2.75) is 31.7 Å². The first kappa shape index (κ1) is 11.9. The van der Waals surface area contributed by atoms with E-state index < -0.39 is 0 Å². The van der Waals surface area contributed by atoms with Crippen LogP contribution in [0.5, 0.6) is 0 Å². The summed E-state index contributed by atoms with van der Waals surface area (Å²) in [5.74, 6) is 1.06. The SMILES string of the molecule is CC(C)c1nsc(NC(=O)N2CCC23COC3)n1. The highest BCUT2D eigenvalue weighted by Gasteiger charge is 2.53. The monoisotopic (exact) mass is 268 g/mol. The third kappa shape index (κ3) is 1.78. The van der Waals surface area contributed by atoms with E-state index in [4.69, 9.17) is 4.74 Å². The summed E-state index contributed by atoms with van der Waals surface area (Å²) < 4.78 is 9.41. The van der Waals surface area contributed by atoms with Crippen molar-refractivity contribution in [2.24, 2.45) is 0 Å². The number of hydrogen-bond acceptors (Lipinski definition) is 5. The molecule has 0 saturated carbocycles. The van der Waals surface area contributed by atoms with Crippen molar-refractivity contribution < 1.29 is 9.53 Å². The van der Waals surface area contributed by atoms with Crippen LogP contribution in [0.15, 0.2) is 0 Å². The van der Waals surface area contributed by atoms with Crippen LogP contribution in [0.25, 0.3) is 0 Å². The second kappa shape index (κ2) is 4.17. The second-order valence-corrected chi connectivity index (χ2v) is 5.91. The summed E-state index contributed by atoms with van der Waals surface area (Å²) in [4.78, 5) is 18.2. The van der Waals surface area contributed by atoms with Crippen molar-refractivity contribution in [3.05, 3.63) is 5.82 Å². The van der Waals surface area contributed by atoms with Gasteiger partial charge < -0.3 is 9.64 Å². The molecular formula is C11H16N4O2S. The van der Waals surface area contributed by atoms with Crippen molar-refractivity contribution >= 4 is 22.7 Å². The lowest BCUT2D eigenvalue weighted by molar-refractivity contribution is -0.168. The van der Waals surface area contributed by atoms with Crippen LogP contribution in [0.3, 0.4) is 0 Å². The molecule has 0 aromatic carbocycles. The number of rotatable bonds is 2. The van der Waals surface area contributed by atoms with E-state index in [2.05, 4.69) is 14.7 Å². The predicted molar refractivity (Wildman–Crippen MR) is 67.9 cm³/mol. The molecule has 1 N–H and O–H groups in total. The van der Waals surface area contributed by atoms with Gasteiger partial charge in [-0.1, -0.05) is 13.8 Å². The maximum absolute atomic E-state index is 12.1. The molecule has 0 aliphatic carbocycles. The number of aromatic nitrogens is 2. The number of urea groups is 1. The first-order chi connectivity index (χ1) is 8.61. The lowest BCUT2D eigenvalue weighted by Crippen LogP contribution is -2.72. The molecular weight excluding hydrogens is 252 g/mol. The third-order valence-corrected chi connectivity index (χ3v) is 4.18. The number of nitrogens with one attached hydrogen (secondary N) is 1. The van der Waals surface area contributed by atoms with Crippen molar-refractivity contribution in [1.29, 1.82) is 0 Å². The number of carbonyl (C=O) groups excluding carboxylic acids is 1. The van der Waals surface area contributed by atoms with Crippen LogP contribution in [-0.2, 0) is 4.74 Å². The lowest BCUT2D eigenvalue weighted by atomic mass is 9.83. The number of nitrogens with zero attached hydrogens (tertiary/aromatic N) is 3. The number of hydrogen-bond donors (Lipinski definition) is 1. The van der Waals surface area contributed by atoms with Gasteiger partial charge in [-0.05, 0) is 6.42 Å². The van der Waals surface area contributed by atoms with Gasteiger partial charge in [0.25, 0.3) is 0 Å². The summed E-state index contributed by atoms with van der Waals surface area (Å²) in [6.07, 6.45) is 1.04. The molecule has 2 saturated heterocycles. The topological polar surface area (TPSA) is 67.4 Å². The molecule has 6 nitrogen and oxygen atoms in total. The van der Waals surface area contributed by atoms with Crippen molar-refractivity contribution in [1.82, 2.24) is 14.3 Å². The lowest BCUT2D eigenvalue weighted by Gasteiger charge is -2.57. The highest BCUT2D eigenvalue weighted by molar-refractivity contribution is 7.09. The van der Waals surface area contributed by atoms with Gasteiger partial charge in [0.05, 0.1) is 18.8 Å². The zero-order valence-electron chi connectivity index (χ0n) is 10.5. The van der Waals surface area contributed by atoms with E-state index in [1.807, 2.05) is 18.7 Å². The van der Waals surface area contributed by atoms with Crippen LogP contribution in [0.2, 0.25) is 0 Å². The molecule has 0 atom stereocenters. The summed E-state index contributed by atoms with van der Waals surface area (Å²) in [6.45, 7) is 6.18. The van der Waals surface area contributed by atoms with Gasteiger partial charge in [0, 0.05) is 24.0 Å². The van der Waals surface area contributed by atoms with Crippen LogP contribution in [0.1, 0.15) is 32.0 Å². The van der Waals surface area contributed by atoms with Crippen LogP contribution in [0.4, 0.5) is 9.93 Å². The minimum absolute atomic E-state index is 0.0321. The highest BCUT2D eigenvalue weighted by atomic mass is 32.1. The van der Waals surface area contributed by atoms with Crippen LogP contribution in [-0.4, -0.2) is 45.6 Å². The third-order valence-electron chi connectivity index (χ3n) is 3.53. The Hall–Kier alpha value is -1.21. The summed E-state index contributed by atoms with van der Waals surface area (Å²) in [5, 5.41) is 3.39. The zero-order chi connectivity index (χ0) is 12.8. The number of anilines is 1.